The van der Waals surface area contributed by atoms with Crippen LogP contribution in [0.3, 0.4) is 0 Å². The largest absolute Gasteiger partial charge is 0.366 e. The molecule has 19 heavy (non-hydrogen) atoms. The molecule has 5 heteroatoms. The lowest BCUT2D eigenvalue weighted by Crippen LogP contribution is -2.40. The van der Waals surface area contributed by atoms with Gasteiger partial charge in [0.1, 0.15) is 11.9 Å². The molecule has 0 radical (unpaired) electrons. The van der Waals surface area contributed by atoms with Crippen molar-refractivity contribution in [2.45, 2.75) is 43.8 Å². The van der Waals surface area contributed by atoms with E-state index in [0.717, 1.165) is 31.5 Å². The summed E-state index contributed by atoms with van der Waals surface area (Å²) in [6.07, 6.45) is 9.95. The summed E-state index contributed by atoms with van der Waals surface area (Å²) in [6.45, 7) is 0. The van der Waals surface area contributed by atoms with Crippen molar-refractivity contribution in [3.8, 4) is 0 Å². The maximum atomic E-state index is 11.4. The summed E-state index contributed by atoms with van der Waals surface area (Å²) in [5.41, 5.74) is 11.9. The predicted octanol–water partition coefficient (Wildman–Crippen LogP) is 0.224. The maximum Gasteiger partial charge on any atom is 0.246 e. The van der Waals surface area contributed by atoms with E-state index in [0.29, 0.717) is 17.5 Å². The lowest BCUT2D eigenvalue weighted by molar-refractivity contribution is -0.114. The van der Waals surface area contributed by atoms with E-state index in [1.807, 2.05) is 12.2 Å². The van der Waals surface area contributed by atoms with E-state index in [2.05, 4.69) is 5.32 Å². The second kappa shape index (κ2) is 4.81. The zero-order chi connectivity index (χ0) is 13.4. The van der Waals surface area contributed by atoms with E-state index in [4.69, 9.17) is 16.5 Å². The number of aliphatic imine (C=N–C) groups is 1. The number of amidine groups is 1. The zero-order valence-electron chi connectivity index (χ0n) is 10.9. The Balaban J connectivity index is 1.76. The third kappa shape index (κ3) is 2.30. The highest BCUT2D eigenvalue weighted by molar-refractivity contribution is 5.97. The molecule has 1 aliphatic heterocycles. The summed E-state index contributed by atoms with van der Waals surface area (Å²) >= 11 is 0. The van der Waals surface area contributed by atoms with Crippen LogP contribution in [0.2, 0.25) is 0 Å². The first-order valence-corrected chi connectivity index (χ1v) is 6.93. The Morgan fingerprint density at radius 1 is 1.32 bits per heavy atom. The van der Waals surface area contributed by atoms with Crippen molar-refractivity contribution in [3.63, 3.8) is 0 Å². The van der Waals surface area contributed by atoms with Gasteiger partial charge >= 0.3 is 0 Å². The molecule has 2 unspecified atom stereocenters. The van der Waals surface area contributed by atoms with Gasteiger partial charge in [-0.2, -0.15) is 0 Å². The second-order valence-corrected chi connectivity index (χ2v) is 5.61. The molecule has 5 N–H and O–H groups in total. The Morgan fingerprint density at radius 2 is 2.05 bits per heavy atom. The van der Waals surface area contributed by atoms with Gasteiger partial charge in [0, 0.05) is 17.5 Å². The molecule has 0 aromatic carbocycles. The molecule has 1 heterocycles. The third-order valence-corrected chi connectivity index (χ3v) is 4.29. The molecule has 0 bridgehead atoms. The standard InChI is InChI=1S/C14H20N4O/c15-9-6-4-8(5-7-9)14-17-11-3-1-2-10(13(16)19)12(11)18-14/h1-3,8-9,11-12H,4-7,15H2,(H2,16,19)(H,17,18). The molecule has 0 aromatic heterocycles. The Morgan fingerprint density at radius 3 is 2.74 bits per heavy atom. The number of primary amides is 1. The minimum atomic E-state index is -0.378. The Hall–Kier alpha value is -1.62. The SMILES string of the molecule is NC(=O)C1=CC=CC2NC(C3CCC(N)CC3)=NC12. The highest BCUT2D eigenvalue weighted by Crippen LogP contribution is 2.29. The van der Waals surface area contributed by atoms with Crippen LogP contribution in [0.4, 0.5) is 0 Å². The van der Waals surface area contributed by atoms with Crippen molar-refractivity contribution in [1.82, 2.24) is 5.32 Å². The lowest BCUT2D eigenvalue weighted by atomic mass is 9.85. The zero-order valence-corrected chi connectivity index (χ0v) is 10.9. The number of nitrogens with zero attached hydrogens (tertiary/aromatic N) is 1. The van der Waals surface area contributed by atoms with E-state index in [1.165, 1.54) is 0 Å². The van der Waals surface area contributed by atoms with Crippen LogP contribution < -0.4 is 16.8 Å². The van der Waals surface area contributed by atoms with Crippen LogP contribution in [-0.4, -0.2) is 29.9 Å². The van der Waals surface area contributed by atoms with E-state index in [-0.39, 0.29) is 18.0 Å². The van der Waals surface area contributed by atoms with Crippen molar-refractivity contribution in [3.05, 3.63) is 23.8 Å². The van der Waals surface area contributed by atoms with Crippen molar-refractivity contribution in [2.75, 3.05) is 0 Å². The number of amides is 1. The van der Waals surface area contributed by atoms with E-state index in [1.54, 1.807) is 6.08 Å². The van der Waals surface area contributed by atoms with Crippen molar-refractivity contribution in [1.29, 1.82) is 0 Å². The van der Waals surface area contributed by atoms with Crippen LogP contribution in [0.1, 0.15) is 25.7 Å². The summed E-state index contributed by atoms with van der Waals surface area (Å²) in [5, 5.41) is 3.44. The summed E-state index contributed by atoms with van der Waals surface area (Å²) in [6, 6.07) is 0.271. The number of carbonyl (C=O) groups is 1. The average Bonchev–Trinajstić information content (AvgIpc) is 2.82. The van der Waals surface area contributed by atoms with Gasteiger partial charge in [0.2, 0.25) is 5.91 Å². The first-order chi connectivity index (χ1) is 9.15. The van der Waals surface area contributed by atoms with Gasteiger partial charge < -0.3 is 16.8 Å². The van der Waals surface area contributed by atoms with Crippen LogP contribution in [0.5, 0.6) is 0 Å². The molecule has 1 fully saturated rings. The number of hydrogen-bond acceptors (Lipinski definition) is 4. The van der Waals surface area contributed by atoms with Crippen molar-refractivity contribution >= 4 is 11.7 Å². The van der Waals surface area contributed by atoms with Crippen LogP contribution in [0, 0.1) is 5.92 Å². The fraction of sp³-hybridized carbons (Fsp3) is 0.571. The molecular formula is C14H20N4O. The van der Waals surface area contributed by atoms with Gasteiger partial charge in [0.25, 0.3) is 0 Å². The predicted molar refractivity (Wildman–Crippen MR) is 74.5 cm³/mol. The fourth-order valence-electron chi connectivity index (χ4n) is 3.15. The smallest absolute Gasteiger partial charge is 0.246 e. The number of hydrogen-bond donors (Lipinski definition) is 3. The minimum Gasteiger partial charge on any atom is -0.366 e. The molecule has 102 valence electrons. The van der Waals surface area contributed by atoms with Gasteiger partial charge in [0.05, 0.1) is 6.04 Å². The number of rotatable bonds is 2. The number of nitrogens with one attached hydrogen (secondary N) is 1. The molecule has 0 spiro atoms. The van der Waals surface area contributed by atoms with Gasteiger partial charge in [-0.3, -0.25) is 9.79 Å². The van der Waals surface area contributed by atoms with Crippen LogP contribution in [0.25, 0.3) is 0 Å². The van der Waals surface area contributed by atoms with E-state index < -0.39 is 0 Å². The fourth-order valence-corrected chi connectivity index (χ4v) is 3.15. The first-order valence-electron chi connectivity index (χ1n) is 6.93. The Kier molecular flexibility index (Phi) is 3.14. The molecule has 5 nitrogen and oxygen atoms in total. The third-order valence-electron chi connectivity index (χ3n) is 4.29. The van der Waals surface area contributed by atoms with Gasteiger partial charge in [-0.15, -0.1) is 0 Å². The second-order valence-electron chi connectivity index (χ2n) is 5.61. The number of carbonyl (C=O) groups excluding carboxylic acids is 1. The number of fused-ring (bicyclic) bond motifs is 1. The molecule has 3 rings (SSSR count). The van der Waals surface area contributed by atoms with Gasteiger partial charge in [-0.25, -0.2) is 0 Å². The lowest BCUT2D eigenvalue weighted by Gasteiger charge is -2.26. The summed E-state index contributed by atoms with van der Waals surface area (Å²) in [4.78, 5) is 16.1. The molecule has 0 aromatic rings. The molecule has 1 amide bonds. The van der Waals surface area contributed by atoms with Crippen LogP contribution >= 0.6 is 0 Å². The highest BCUT2D eigenvalue weighted by Gasteiger charge is 2.36. The van der Waals surface area contributed by atoms with E-state index >= 15 is 0 Å². The van der Waals surface area contributed by atoms with Crippen LogP contribution in [-0.2, 0) is 4.79 Å². The Labute approximate surface area is 112 Å². The van der Waals surface area contributed by atoms with Gasteiger partial charge in [-0.1, -0.05) is 18.2 Å². The molecule has 3 aliphatic rings. The van der Waals surface area contributed by atoms with E-state index in [9.17, 15) is 4.79 Å². The van der Waals surface area contributed by atoms with Crippen molar-refractivity contribution < 1.29 is 4.79 Å². The van der Waals surface area contributed by atoms with Gasteiger partial charge in [0.15, 0.2) is 0 Å². The maximum absolute atomic E-state index is 11.4. The number of allylic oxidation sites excluding steroid dienone is 2. The average molecular weight is 260 g/mol. The summed E-state index contributed by atoms with van der Waals surface area (Å²) in [5.74, 6) is 1.10. The highest BCUT2D eigenvalue weighted by atomic mass is 16.1. The summed E-state index contributed by atoms with van der Waals surface area (Å²) < 4.78 is 0. The molecule has 2 atom stereocenters. The van der Waals surface area contributed by atoms with Gasteiger partial charge in [-0.05, 0) is 25.7 Å². The normalized spacial score (nSPS) is 37.1. The minimum absolute atomic E-state index is 0.0816. The quantitative estimate of drug-likeness (QED) is 0.663. The molecule has 2 aliphatic carbocycles. The molecular weight excluding hydrogens is 240 g/mol. The summed E-state index contributed by atoms with van der Waals surface area (Å²) in [7, 11) is 0. The topological polar surface area (TPSA) is 93.5 Å². The molecule has 0 saturated heterocycles. The number of nitrogens with two attached hydrogens (primary N) is 2. The Bertz CT molecular complexity index is 472. The van der Waals surface area contributed by atoms with Crippen LogP contribution in [0.15, 0.2) is 28.8 Å². The first kappa shape index (κ1) is 12.4. The monoisotopic (exact) mass is 260 g/mol. The molecule has 1 saturated carbocycles. The van der Waals surface area contributed by atoms with Crippen molar-refractivity contribution in [2.24, 2.45) is 22.4 Å².